The lowest BCUT2D eigenvalue weighted by Crippen LogP contribution is -2.34. The number of carbonyl (C=O) groups is 1. The molecule has 0 saturated carbocycles. The van der Waals surface area contributed by atoms with Gasteiger partial charge >= 0.3 is 6.03 Å². The van der Waals surface area contributed by atoms with Gasteiger partial charge in [-0.3, -0.25) is 0 Å². The first kappa shape index (κ1) is 16.6. The number of nitrogens with zero attached hydrogens (tertiary/aromatic N) is 2. The highest BCUT2D eigenvalue weighted by Gasteiger charge is 2.33. The normalized spacial score (nSPS) is 17.5. The Bertz CT molecular complexity index is 716. The minimum Gasteiger partial charge on any atom is -0.359 e. The van der Waals surface area contributed by atoms with Crippen LogP contribution < -0.4 is 5.32 Å². The maximum absolute atomic E-state index is 12.7. The predicted molar refractivity (Wildman–Crippen MR) is 94.2 cm³/mol. The minimum atomic E-state index is -0.0787. The quantitative estimate of drug-likeness (QED) is 0.882. The predicted octanol–water partition coefficient (Wildman–Crippen LogP) is 4.78. The molecule has 1 unspecified atom stereocenters. The van der Waals surface area contributed by atoms with Gasteiger partial charge in [-0.15, -0.1) is 0 Å². The highest BCUT2D eigenvalue weighted by Crippen LogP contribution is 2.33. The van der Waals surface area contributed by atoms with E-state index < -0.39 is 0 Å². The summed E-state index contributed by atoms with van der Waals surface area (Å²) >= 11 is 0. The lowest BCUT2D eigenvalue weighted by Gasteiger charge is -2.23. The van der Waals surface area contributed by atoms with E-state index in [0.717, 1.165) is 47.7 Å². The zero-order chi connectivity index (χ0) is 17.3. The lowest BCUT2D eigenvalue weighted by atomic mass is 10.1. The Morgan fingerprint density at radius 2 is 1.96 bits per heavy atom. The smallest absolute Gasteiger partial charge is 0.322 e. The number of nitrogens with one attached hydrogen (secondary N) is 1. The van der Waals surface area contributed by atoms with Gasteiger partial charge in [-0.05, 0) is 55.9 Å². The van der Waals surface area contributed by atoms with Crippen LogP contribution in [-0.4, -0.2) is 22.6 Å². The molecule has 0 bridgehead atoms. The Hall–Kier alpha value is -2.30. The van der Waals surface area contributed by atoms with Crippen molar-refractivity contribution in [1.82, 2.24) is 10.1 Å². The molecule has 5 nitrogen and oxygen atoms in total. The molecule has 1 aliphatic rings. The van der Waals surface area contributed by atoms with Crippen LogP contribution in [0, 0.1) is 13.8 Å². The first-order valence-corrected chi connectivity index (χ1v) is 8.56. The summed E-state index contributed by atoms with van der Waals surface area (Å²) in [6, 6.07) is 7.94. The molecule has 0 spiro atoms. The number of hydrogen-bond acceptors (Lipinski definition) is 3. The number of anilines is 1. The summed E-state index contributed by atoms with van der Waals surface area (Å²) in [4.78, 5) is 14.6. The van der Waals surface area contributed by atoms with Crippen molar-refractivity contribution >= 4 is 11.7 Å². The van der Waals surface area contributed by atoms with E-state index in [1.165, 1.54) is 0 Å². The van der Waals surface area contributed by atoms with Gasteiger partial charge in [0.15, 0.2) is 5.76 Å². The van der Waals surface area contributed by atoms with E-state index in [-0.39, 0.29) is 12.1 Å². The maximum Gasteiger partial charge on any atom is 0.322 e. The fourth-order valence-electron chi connectivity index (χ4n) is 3.28. The largest absolute Gasteiger partial charge is 0.359 e. The maximum atomic E-state index is 12.7. The van der Waals surface area contributed by atoms with E-state index >= 15 is 0 Å². The van der Waals surface area contributed by atoms with Crippen LogP contribution in [-0.2, 0) is 0 Å². The van der Waals surface area contributed by atoms with Gasteiger partial charge in [0.25, 0.3) is 0 Å². The zero-order valence-electron chi connectivity index (χ0n) is 14.8. The van der Waals surface area contributed by atoms with E-state index in [1.807, 2.05) is 36.9 Å². The van der Waals surface area contributed by atoms with Crippen molar-refractivity contribution in [2.45, 2.75) is 52.5 Å². The number of aromatic nitrogens is 1. The fraction of sp³-hybridized carbons (Fsp3) is 0.474. The van der Waals surface area contributed by atoms with Crippen LogP contribution in [0.3, 0.4) is 0 Å². The summed E-state index contributed by atoms with van der Waals surface area (Å²) in [6.45, 7) is 8.97. The summed E-state index contributed by atoms with van der Waals surface area (Å²) in [6.07, 6.45) is 1.88. The Balaban J connectivity index is 1.75. The van der Waals surface area contributed by atoms with Crippen LogP contribution >= 0.6 is 0 Å². The van der Waals surface area contributed by atoms with Gasteiger partial charge in [0.1, 0.15) is 0 Å². The average molecular weight is 327 g/mol. The van der Waals surface area contributed by atoms with Gasteiger partial charge in [0, 0.05) is 18.3 Å². The number of hydrogen-bond donors (Lipinski definition) is 1. The highest BCUT2D eigenvalue weighted by atomic mass is 16.5. The third kappa shape index (κ3) is 3.45. The summed E-state index contributed by atoms with van der Waals surface area (Å²) < 4.78 is 5.51. The molecule has 3 rings (SSSR count). The van der Waals surface area contributed by atoms with Crippen LogP contribution in [0.15, 0.2) is 28.8 Å². The molecule has 1 atom stereocenters. The van der Waals surface area contributed by atoms with Gasteiger partial charge in [-0.1, -0.05) is 25.1 Å². The van der Waals surface area contributed by atoms with Crippen molar-refractivity contribution in [1.29, 1.82) is 0 Å². The fourth-order valence-corrected chi connectivity index (χ4v) is 3.28. The van der Waals surface area contributed by atoms with E-state index in [4.69, 9.17) is 4.52 Å². The van der Waals surface area contributed by atoms with E-state index in [9.17, 15) is 4.79 Å². The van der Waals surface area contributed by atoms with Crippen LogP contribution in [0.25, 0.3) is 0 Å². The molecule has 1 aromatic carbocycles. The molecule has 1 aromatic heterocycles. The molecule has 1 fully saturated rings. The topological polar surface area (TPSA) is 58.4 Å². The number of likely N-dealkylation sites (tertiary alicyclic amines) is 1. The van der Waals surface area contributed by atoms with Crippen molar-refractivity contribution in [3.63, 3.8) is 0 Å². The highest BCUT2D eigenvalue weighted by molar-refractivity contribution is 5.90. The third-order valence-corrected chi connectivity index (χ3v) is 4.45. The standard InChI is InChI=1S/C19H25N3O2/c1-12(2)16-11-18(24-21-16)17-6-5-7-22(17)19(23)20-15-9-13(3)8-14(4)10-15/h8-12,17H,5-7H2,1-4H3,(H,20,23). The Labute approximate surface area is 143 Å². The lowest BCUT2D eigenvalue weighted by molar-refractivity contribution is 0.195. The zero-order valence-corrected chi connectivity index (χ0v) is 14.8. The second kappa shape index (κ2) is 6.67. The number of urea groups is 1. The average Bonchev–Trinajstić information content (AvgIpc) is 3.15. The van der Waals surface area contributed by atoms with Gasteiger partial charge in [0.2, 0.25) is 0 Å². The number of amides is 2. The first-order chi connectivity index (χ1) is 11.4. The number of benzene rings is 1. The Morgan fingerprint density at radius 1 is 1.25 bits per heavy atom. The molecule has 1 aliphatic heterocycles. The van der Waals surface area contributed by atoms with E-state index in [0.29, 0.717) is 5.92 Å². The van der Waals surface area contributed by atoms with Crippen molar-refractivity contribution in [2.24, 2.45) is 0 Å². The van der Waals surface area contributed by atoms with Crippen molar-refractivity contribution in [3.05, 3.63) is 46.8 Å². The number of aryl methyl sites for hydroxylation is 2. The van der Waals surface area contributed by atoms with Crippen molar-refractivity contribution in [3.8, 4) is 0 Å². The minimum absolute atomic E-state index is 0.0316. The molecule has 128 valence electrons. The molecule has 5 heteroatoms. The Kier molecular flexibility index (Phi) is 4.60. The molecule has 2 amide bonds. The summed E-state index contributed by atoms with van der Waals surface area (Å²) in [7, 11) is 0. The molecular weight excluding hydrogens is 302 g/mol. The molecule has 1 saturated heterocycles. The first-order valence-electron chi connectivity index (χ1n) is 8.56. The Morgan fingerprint density at radius 3 is 2.58 bits per heavy atom. The molecule has 24 heavy (non-hydrogen) atoms. The molecule has 2 heterocycles. The third-order valence-electron chi connectivity index (χ3n) is 4.45. The van der Waals surface area contributed by atoms with Crippen LogP contribution in [0.2, 0.25) is 0 Å². The second-order valence-electron chi connectivity index (χ2n) is 6.97. The molecule has 0 radical (unpaired) electrons. The molecular formula is C19H25N3O2. The summed E-state index contributed by atoms with van der Waals surface area (Å²) in [5.41, 5.74) is 4.05. The van der Waals surface area contributed by atoms with Crippen LogP contribution in [0.5, 0.6) is 0 Å². The number of rotatable bonds is 3. The van der Waals surface area contributed by atoms with Crippen molar-refractivity contribution < 1.29 is 9.32 Å². The molecule has 1 N–H and O–H groups in total. The second-order valence-corrected chi connectivity index (χ2v) is 6.97. The van der Waals surface area contributed by atoms with Gasteiger partial charge in [-0.25, -0.2) is 4.79 Å². The summed E-state index contributed by atoms with van der Waals surface area (Å²) in [5, 5.41) is 7.15. The van der Waals surface area contributed by atoms with Crippen LogP contribution in [0.1, 0.15) is 61.2 Å². The van der Waals surface area contributed by atoms with Gasteiger partial charge in [0.05, 0.1) is 11.7 Å². The van der Waals surface area contributed by atoms with Crippen LogP contribution in [0.4, 0.5) is 10.5 Å². The SMILES string of the molecule is Cc1cc(C)cc(NC(=O)N2CCCC2c2cc(C(C)C)no2)c1. The number of carbonyl (C=O) groups excluding carboxylic acids is 1. The summed E-state index contributed by atoms with van der Waals surface area (Å²) in [5.74, 6) is 1.10. The van der Waals surface area contributed by atoms with Crippen molar-refractivity contribution in [2.75, 3.05) is 11.9 Å². The molecule has 2 aromatic rings. The van der Waals surface area contributed by atoms with Gasteiger partial charge < -0.3 is 14.7 Å². The monoisotopic (exact) mass is 327 g/mol. The molecule has 0 aliphatic carbocycles. The van der Waals surface area contributed by atoms with Gasteiger partial charge in [-0.2, -0.15) is 0 Å². The van der Waals surface area contributed by atoms with E-state index in [1.54, 1.807) is 0 Å². The van der Waals surface area contributed by atoms with E-state index in [2.05, 4.69) is 30.4 Å².